The molecule has 2 rings (SSSR count). The van der Waals surface area contributed by atoms with E-state index in [2.05, 4.69) is 4.90 Å². The van der Waals surface area contributed by atoms with Crippen LogP contribution >= 0.6 is 11.3 Å². The fourth-order valence-corrected chi connectivity index (χ4v) is 4.38. The fourth-order valence-electron chi connectivity index (χ4n) is 2.08. The van der Waals surface area contributed by atoms with E-state index >= 15 is 0 Å². The molecule has 1 aromatic heterocycles. The first-order valence-corrected chi connectivity index (χ1v) is 8.79. The van der Waals surface area contributed by atoms with Gasteiger partial charge in [0.15, 0.2) is 9.84 Å². The molecule has 0 saturated carbocycles. The summed E-state index contributed by atoms with van der Waals surface area (Å²) < 4.78 is 23.6. The molecular weight excluding hydrogens is 284 g/mol. The second-order valence-electron chi connectivity index (χ2n) is 4.91. The Morgan fingerprint density at radius 3 is 2.89 bits per heavy atom. The minimum atomic E-state index is -2.94. The second-order valence-corrected chi connectivity index (χ2v) is 8.44. The summed E-state index contributed by atoms with van der Waals surface area (Å²) in [6.45, 7) is 3.77. The summed E-state index contributed by atoms with van der Waals surface area (Å²) in [5.41, 5.74) is 5.74. The molecule has 7 heteroatoms. The van der Waals surface area contributed by atoms with Gasteiger partial charge < -0.3 is 5.73 Å². The molecule has 106 valence electrons. The second kappa shape index (κ2) is 5.60. The number of hydrogen-bond acceptors (Lipinski definition) is 5. The Kier molecular flexibility index (Phi) is 4.27. The van der Waals surface area contributed by atoms with E-state index in [9.17, 15) is 13.2 Å². The van der Waals surface area contributed by atoms with Gasteiger partial charge in [0, 0.05) is 23.3 Å². The number of hydrogen-bond donors (Lipinski definition) is 1. The molecule has 0 radical (unpaired) electrons. The fraction of sp³-hybridized carbons (Fsp3) is 0.583. The van der Waals surface area contributed by atoms with Crippen molar-refractivity contribution < 1.29 is 13.2 Å². The zero-order valence-corrected chi connectivity index (χ0v) is 12.5. The average Bonchev–Trinajstić information content (AvgIpc) is 2.76. The van der Waals surface area contributed by atoms with Crippen molar-refractivity contribution in [2.45, 2.75) is 25.1 Å². The van der Waals surface area contributed by atoms with E-state index in [1.807, 2.05) is 0 Å². The number of rotatable bonds is 3. The molecular formula is C12H18N2O3S2. The molecule has 1 aliphatic heterocycles. The number of amides is 1. The van der Waals surface area contributed by atoms with E-state index in [1.54, 1.807) is 18.4 Å². The summed E-state index contributed by atoms with van der Waals surface area (Å²) in [5, 5.41) is 1.48. The molecule has 0 spiro atoms. The van der Waals surface area contributed by atoms with Gasteiger partial charge in [-0.3, -0.25) is 9.69 Å². The first-order chi connectivity index (χ1) is 8.88. The lowest BCUT2D eigenvalue weighted by Crippen LogP contribution is -2.26. The van der Waals surface area contributed by atoms with E-state index in [-0.39, 0.29) is 11.0 Å². The molecule has 1 aliphatic rings. The van der Waals surface area contributed by atoms with Crippen LogP contribution in [-0.4, -0.2) is 43.3 Å². The molecule has 1 saturated heterocycles. The van der Waals surface area contributed by atoms with Crippen molar-refractivity contribution >= 4 is 27.1 Å². The highest BCUT2D eigenvalue weighted by Crippen LogP contribution is 2.19. The van der Waals surface area contributed by atoms with Gasteiger partial charge in [0.25, 0.3) is 0 Å². The molecule has 0 bridgehead atoms. The van der Waals surface area contributed by atoms with Gasteiger partial charge >= 0.3 is 0 Å². The normalized spacial score (nSPS) is 23.9. The molecule has 0 aliphatic carbocycles. The third kappa shape index (κ3) is 3.55. The van der Waals surface area contributed by atoms with Crippen LogP contribution in [0.5, 0.6) is 0 Å². The zero-order chi connectivity index (χ0) is 14.0. The Hall–Kier alpha value is -0.920. The van der Waals surface area contributed by atoms with Crippen molar-refractivity contribution in [2.75, 3.05) is 18.8 Å². The van der Waals surface area contributed by atoms with Crippen LogP contribution in [0.4, 0.5) is 0 Å². The lowest BCUT2D eigenvalue weighted by molar-refractivity contribution is 0.100. The molecule has 1 atom stereocenters. The van der Waals surface area contributed by atoms with Crippen molar-refractivity contribution in [3.05, 3.63) is 21.9 Å². The summed E-state index contributed by atoms with van der Waals surface area (Å²) >= 11 is 1.49. The van der Waals surface area contributed by atoms with Crippen molar-refractivity contribution in [1.29, 1.82) is 0 Å². The highest BCUT2D eigenvalue weighted by atomic mass is 32.2. The first kappa shape index (κ1) is 14.5. The predicted octanol–water partition coefficient (Wildman–Crippen LogP) is 0.856. The summed E-state index contributed by atoms with van der Waals surface area (Å²) in [4.78, 5) is 14.2. The van der Waals surface area contributed by atoms with Gasteiger partial charge in [-0.2, -0.15) is 0 Å². The standard InChI is InChI=1S/C12H18N2O3S2/c1-9-2-3-14(4-5-19(9,16)17)7-11-6-10(8-18-11)12(13)15/h6,8-9H,2-5,7H2,1H3,(H2,13,15)/t9-/m1/s1. The summed E-state index contributed by atoms with van der Waals surface area (Å²) in [7, 11) is -2.94. The monoisotopic (exact) mass is 302 g/mol. The van der Waals surface area contributed by atoms with Crippen LogP contribution in [-0.2, 0) is 16.4 Å². The van der Waals surface area contributed by atoms with Crippen LogP contribution in [0.2, 0.25) is 0 Å². The maximum Gasteiger partial charge on any atom is 0.249 e. The van der Waals surface area contributed by atoms with Crippen molar-refractivity contribution in [3.63, 3.8) is 0 Å². The van der Waals surface area contributed by atoms with Gasteiger partial charge in [-0.05, 0) is 26.0 Å². The number of nitrogens with two attached hydrogens (primary N) is 1. The Balaban J connectivity index is 2.01. The van der Waals surface area contributed by atoms with Gasteiger partial charge in [0.2, 0.25) is 5.91 Å². The molecule has 1 amide bonds. The molecule has 2 N–H and O–H groups in total. The van der Waals surface area contributed by atoms with Crippen LogP contribution in [0.15, 0.2) is 11.4 Å². The van der Waals surface area contributed by atoms with E-state index in [0.717, 1.165) is 11.4 Å². The third-order valence-corrected chi connectivity index (χ3v) is 6.61. The maximum atomic E-state index is 11.8. The van der Waals surface area contributed by atoms with Crippen molar-refractivity contribution in [1.82, 2.24) is 4.90 Å². The third-order valence-electron chi connectivity index (χ3n) is 3.47. The smallest absolute Gasteiger partial charge is 0.249 e. The molecule has 19 heavy (non-hydrogen) atoms. The van der Waals surface area contributed by atoms with Gasteiger partial charge in [-0.1, -0.05) is 0 Å². The highest BCUT2D eigenvalue weighted by molar-refractivity contribution is 7.92. The van der Waals surface area contributed by atoms with E-state index in [0.29, 0.717) is 25.1 Å². The zero-order valence-electron chi connectivity index (χ0n) is 10.8. The van der Waals surface area contributed by atoms with E-state index in [4.69, 9.17) is 5.73 Å². The molecule has 5 nitrogen and oxygen atoms in total. The predicted molar refractivity (Wildman–Crippen MR) is 76.0 cm³/mol. The largest absolute Gasteiger partial charge is 0.366 e. The van der Waals surface area contributed by atoms with Crippen molar-refractivity contribution in [3.8, 4) is 0 Å². The van der Waals surface area contributed by atoms with Crippen LogP contribution in [0, 0.1) is 0 Å². The summed E-state index contributed by atoms with van der Waals surface area (Å²) in [6.07, 6.45) is 0.663. The lowest BCUT2D eigenvalue weighted by Gasteiger charge is -2.17. The topological polar surface area (TPSA) is 80.5 Å². The van der Waals surface area contributed by atoms with E-state index < -0.39 is 15.7 Å². The number of carbonyl (C=O) groups excluding carboxylic acids is 1. The van der Waals surface area contributed by atoms with Gasteiger partial charge in [0.1, 0.15) is 0 Å². The quantitative estimate of drug-likeness (QED) is 0.898. The SMILES string of the molecule is C[C@@H]1CCN(Cc2cc(C(N)=O)cs2)CCS1(=O)=O. The first-order valence-electron chi connectivity index (χ1n) is 6.19. The summed E-state index contributed by atoms with van der Waals surface area (Å²) in [6, 6.07) is 1.79. The van der Waals surface area contributed by atoms with Crippen LogP contribution in [0.3, 0.4) is 0 Å². The molecule has 1 fully saturated rings. The summed E-state index contributed by atoms with van der Waals surface area (Å²) in [5.74, 6) is -0.211. The Bertz CT molecular complexity index is 565. The number of primary amides is 1. The Morgan fingerprint density at radius 2 is 2.26 bits per heavy atom. The van der Waals surface area contributed by atoms with Crippen LogP contribution in [0.25, 0.3) is 0 Å². The number of nitrogens with zero attached hydrogens (tertiary/aromatic N) is 1. The van der Waals surface area contributed by atoms with Crippen molar-refractivity contribution in [2.24, 2.45) is 5.73 Å². The number of sulfone groups is 1. The average molecular weight is 302 g/mol. The maximum absolute atomic E-state index is 11.8. The van der Waals surface area contributed by atoms with E-state index in [1.165, 1.54) is 11.3 Å². The number of thiophene rings is 1. The molecule has 0 unspecified atom stereocenters. The molecule has 2 heterocycles. The Morgan fingerprint density at radius 1 is 1.53 bits per heavy atom. The lowest BCUT2D eigenvalue weighted by atomic mass is 10.2. The van der Waals surface area contributed by atoms with Gasteiger partial charge in [0.05, 0.1) is 16.6 Å². The molecule has 0 aromatic carbocycles. The minimum Gasteiger partial charge on any atom is -0.366 e. The highest BCUT2D eigenvalue weighted by Gasteiger charge is 2.26. The Labute approximate surface area is 117 Å². The van der Waals surface area contributed by atoms with Gasteiger partial charge in [-0.25, -0.2) is 8.42 Å². The molecule has 1 aromatic rings. The number of carbonyl (C=O) groups is 1. The van der Waals surface area contributed by atoms with Crippen LogP contribution in [0.1, 0.15) is 28.6 Å². The van der Waals surface area contributed by atoms with Crippen LogP contribution < -0.4 is 5.73 Å². The van der Waals surface area contributed by atoms with Gasteiger partial charge in [-0.15, -0.1) is 11.3 Å². The minimum absolute atomic E-state index is 0.211.